The van der Waals surface area contributed by atoms with Gasteiger partial charge in [0.1, 0.15) is 0 Å². The third-order valence-electron chi connectivity index (χ3n) is 1.09. The molecular formula is C12H19Cl3O2. The van der Waals surface area contributed by atoms with Crippen molar-refractivity contribution in [1.82, 2.24) is 0 Å². The number of halogens is 3. The molecule has 0 heterocycles. The molecule has 5 heteroatoms. The fourth-order valence-electron chi connectivity index (χ4n) is 0.537. The number of carbonyl (C=O) groups excluding carboxylic acids is 1. The zero-order chi connectivity index (χ0) is 13.9. The summed E-state index contributed by atoms with van der Waals surface area (Å²) in [7, 11) is 0. The van der Waals surface area contributed by atoms with Crippen molar-refractivity contribution < 1.29 is 9.53 Å². The fourth-order valence-corrected chi connectivity index (χ4v) is 0.852. The van der Waals surface area contributed by atoms with Crippen LogP contribution in [0.15, 0.2) is 36.6 Å². The average Bonchev–Trinajstić information content (AvgIpc) is 2.26. The largest absolute Gasteiger partial charge is 0.435 e. The van der Waals surface area contributed by atoms with Gasteiger partial charge < -0.3 is 4.74 Å². The summed E-state index contributed by atoms with van der Waals surface area (Å²) in [5, 5.41) is 0. The highest BCUT2D eigenvalue weighted by molar-refractivity contribution is 6.25. The van der Waals surface area contributed by atoms with Crippen LogP contribution in [0.25, 0.3) is 0 Å². The van der Waals surface area contributed by atoms with E-state index in [1.807, 2.05) is 6.08 Å². The third-order valence-corrected chi connectivity index (χ3v) is 1.54. The first kappa shape index (κ1) is 21.8. The second kappa shape index (κ2) is 24.7. The van der Waals surface area contributed by atoms with Gasteiger partial charge in [-0.15, -0.1) is 11.6 Å². The molecule has 0 aliphatic heterocycles. The van der Waals surface area contributed by atoms with Crippen LogP contribution in [0.3, 0.4) is 0 Å². The number of unbranched alkanes of at least 4 members (excludes halogenated alkanes) is 2. The zero-order valence-corrected chi connectivity index (χ0v) is 12.3. The number of ether oxygens (including phenoxy) is 1. The van der Waals surface area contributed by atoms with Crippen LogP contribution in [-0.4, -0.2) is 11.8 Å². The number of allylic oxidation sites excluding steroid dienone is 1. The monoisotopic (exact) mass is 300 g/mol. The molecule has 0 aliphatic carbocycles. The van der Waals surface area contributed by atoms with Gasteiger partial charge in [0.15, 0.2) is 0 Å². The molecule has 0 bridgehead atoms. The van der Waals surface area contributed by atoms with E-state index in [9.17, 15) is 4.79 Å². The van der Waals surface area contributed by atoms with E-state index < -0.39 is 0 Å². The molecule has 0 aromatic heterocycles. The topological polar surface area (TPSA) is 26.3 Å². The number of alkyl halides is 1. The van der Waals surface area contributed by atoms with Crippen molar-refractivity contribution in [2.24, 2.45) is 0 Å². The summed E-state index contributed by atoms with van der Waals surface area (Å²) in [4.78, 5) is 9.75. The average molecular weight is 302 g/mol. The SMILES string of the molecule is C=CCl.C=COC(C)=O.ClC=CCCCCCl. The Morgan fingerprint density at radius 3 is 2.06 bits per heavy atom. The Balaban J connectivity index is -0.000000193. The first-order chi connectivity index (χ1) is 8.10. The van der Waals surface area contributed by atoms with Crippen LogP contribution in [0, 0.1) is 0 Å². The predicted molar refractivity (Wildman–Crippen MR) is 77.6 cm³/mol. The standard InChI is InChI=1S/C6H10Cl2.C4H6O2.C2H3Cl/c7-5-3-1-2-4-6-8;1-3-6-4(2)5;1-2-3/h3,5H,1-2,4,6H2;3H,1H2,2H3;2H,1H2. The van der Waals surface area contributed by atoms with Crippen LogP contribution < -0.4 is 0 Å². The molecule has 0 atom stereocenters. The number of hydrogen-bond donors (Lipinski definition) is 0. The van der Waals surface area contributed by atoms with Crippen molar-refractivity contribution in [3.8, 4) is 0 Å². The molecule has 0 aromatic rings. The Kier molecular flexibility index (Phi) is 31.7. The zero-order valence-electron chi connectivity index (χ0n) is 10.0. The maximum atomic E-state index is 9.75. The van der Waals surface area contributed by atoms with Gasteiger partial charge in [0.25, 0.3) is 0 Å². The normalized spacial score (nSPS) is 8.24. The molecule has 0 saturated heterocycles. The van der Waals surface area contributed by atoms with E-state index in [-0.39, 0.29) is 5.97 Å². The number of carbonyl (C=O) groups is 1. The minimum atomic E-state index is -0.329. The summed E-state index contributed by atoms with van der Waals surface area (Å²) in [5.41, 5.74) is 2.77. The molecular weight excluding hydrogens is 282 g/mol. The Labute approximate surface area is 119 Å². The van der Waals surface area contributed by atoms with Crippen molar-refractivity contribution >= 4 is 40.8 Å². The van der Waals surface area contributed by atoms with Crippen LogP contribution in [0.1, 0.15) is 26.2 Å². The van der Waals surface area contributed by atoms with E-state index in [1.54, 1.807) is 5.54 Å². The highest BCUT2D eigenvalue weighted by Gasteiger charge is 1.80. The number of hydrogen-bond acceptors (Lipinski definition) is 2. The molecule has 0 amide bonds. The van der Waals surface area contributed by atoms with Gasteiger partial charge in [0.2, 0.25) is 0 Å². The van der Waals surface area contributed by atoms with Crippen molar-refractivity contribution in [2.75, 3.05) is 5.88 Å². The smallest absolute Gasteiger partial charge is 0.307 e. The molecule has 17 heavy (non-hydrogen) atoms. The molecule has 0 spiro atoms. The van der Waals surface area contributed by atoms with Crippen molar-refractivity contribution in [3.05, 3.63) is 36.6 Å². The highest BCUT2D eigenvalue weighted by Crippen LogP contribution is 1.98. The lowest BCUT2D eigenvalue weighted by Crippen LogP contribution is -1.87. The van der Waals surface area contributed by atoms with Crippen LogP contribution in [0.2, 0.25) is 0 Å². The van der Waals surface area contributed by atoms with Crippen LogP contribution in [-0.2, 0) is 9.53 Å². The van der Waals surface area contributed by atoms with Gasteiger partial charge in [-0.2, -0.15) is 0 Å². The van der Waals surface area contributed by atoms with E-state index in [4.69, 9.17) is 34.8 Å². The van der Waals surface area contributed by atoms with Gasteiger partial charge in [-0.3, -0.25) is 4.79 Å². The summed E-state index contributed by atoms with van der Waals surface area (Å²) >= 11 is 15.5. The van der Waals surface area contributed by atoms with Gasteiger partial charge in [0.05, 0.1) is 6.26 Å². The predicted octanol–water partition coefficient (Wildman–Crippen LogP) is 5.21. The van der Waals surface area contributed by atoms with Gasteiger partial charge >= 0.3 is 5.97 Å². The second-order valence-corrected chi connectivity index (χ2v) is 3.42. The van der Waals surface area contributed by atoms with E-state index >= 15 is 0 Å². The van der Waals surface area contributed by atoms with Gasteiger partial charge in [-0.25, -0.2) is 0 Å². The lowest BCUT2D eigenvalue weighted by atomic mass is 10.2. The summed E-state index contributed by atoms with van der Waals surface area (Å²) in [6, 6.07) is 0. The van der Waals surface area contributed by atoms with Gasteiger partial charge in [-0.05, 0) is 24.8 Å². The Morgan fingerprint density at radius 2 is 1.82 bits per heavy atom. The van der Waals surface area contributed by atoms with Crippen molar-refractivity contribution in [3.63, 3.8) is 0 Å². The van der Waals surface area contributed by atoms with Gasteiger partial charge in [0, 0.05) is 18.3 Å². The molecule has 0 aromatic carbocycles. The Hall–Kier alpha value is -0.440. The molecule has 2 nitrogen and oxygen atoms in total. The first-order valence-corrected chi connectivity index (χ1v) is 6.31. The van der Waals surface area contributed by atoms with Gasteiger partial charge in [-0.1, -0.05) is 42.4 Å². The molecule has 0 saturated carbocycles. The summed E-state index contributed by atoms with van der Waals surface area (Å²) in [6.07, 6.45) is 6.32. The lowest BCUT2D eigenvalue weighted by molar-refractivity contribution is -0.135. The van der Waals surface area contributed by atoms with Crippen LogP contribution >= 0.6 is 34.8 Å². The van der Waals surface area contributed by atoms with Crippen LogP contribution in [0.4, 0.5) is 0 Å². The minimum absolute atomic E-state index is 0.329. The first-order valence-electron chi connectivity index (χ1n) is 4.91. The van der Waals surface area contributed by atoms with Crippen molar-refractivity contribution in [1.29, 1.82) is 0 Å². The summed E-state index contributed by atoms with van der Waals surface area (Å²) in [6.45, 7) is 7.61. The summed E-state index contributed by atoms with van der Waals surface area (Å²) in [5.74, 6) is 0.431. The third kappa shape index (κ3) is 50.1. The minimum Gasteiger partial charge on any atom is -0.435 e. The molecule has 100 valence electrons. The van der Waals surface area contributed by atoms with Crippen molar-refractivity contribution in [2.45, 2.75) is 26.2 Å². The van der Waals surface area contributed by atoms with E-state index in [1.165, 1.54) is 12.5 Å². The molecule has 0 fully saturated rings. The Bertz CT molecular complexity index is 204. The molecule has 0 rings (SSSR count). The second-order valence-electron chi connectivity index (χ2n) is 2.48. The van der Waals surface area contributed by atoms with Crippen LogP contribution in [0.5, 0.6) is 0 Å². The molecule has 0 radical (unpaired) electrons. The molecule has 0 N–H and O–H groups in total. The quantitative estimate of drug-likeness (QED) is 0.301. The van der Waals surface area contributed by atoms with E-state index in [2.05, 4.69) is 17.9 Å². The molecule has 0 unspecified atom stereocenters. The van der Waals surface area contributed by atoms with E-state index in [0.717, 1.165) is 31.4 Å². The summed E-state index contributed by atoms with van der Waals surface area (Å²) < 4.78 is 4.17. The lowest BCUT2D eigenvalue weighted by Gasteiger charge is -1.87. The maximum absolute atomic E-state index is 9.75. The number of rotatable bonds is 5. The Morgan fingerprint density at radius 1 is 1.29 bits per heavy atom. The highest BCUT2D eigenvalue weighted by atomic mass is 35.5. The molecule has 0 aliphatic rings. The fraction of sp³-hybridized carbons (Fsp3) is 0.417. The maximum Gasteiger partial charge on any atom is 0.307 e. The van der Waals surface area contributed by atoms with E-state index in [0.29, 0.717) is 0 Å². The number of esters is 1.